The molecule has 2 atom stereocenters. The van der Waals surface area contributed by atoms with Crippen molar-refractivity contribution in [2.75, 3.05) is 19.6 Å². The molecule has 1 aliphatic rings. The second-order valence-corrected chi connectivity index (χ2v) is 7.74. The smallest absolute Gasteiger partial charge is 0.243 e. The summed E-state index contributed by atoms with van der Waals surface area (Å²) in [7, 11) is -3.72. The molecule has 1 unspecified atom stereocenters. The molecule has 1 fully saturated rings. The van der Waals surface area contributed by atoms with Gasteiger partial charge in [-0.3, -0.25) is 4.79 Å². The monoisotopic (exact) mass is 343 g/mol. The van der Waals surface area contributed by atoms with Crippen LogP contribution in [0, 0.1) is 11.7 Å². The van der Waals surface area contributed by atoms with Crippen molar-refractivity contribution in [3.8, 4) is 0 Å². The molecule has 128 valence electrons. The second-order valence-electron chi connectivity index (χ2n) is 5.80. The summed E-state index contributed by atoms with van der Waals surface area (Å²) in [5.41, 5.74) is 5.48. The first-order valence-corrected chi connectivity index (χ1v) is 9.04. The van der Waals surface area contributed by atoms with Gasteiger partial charge >= 0.3 is 0 Å². The molecule has 0 aromatic heterocycles. The van der Waals surface area contributed by atoms with Gasteiger partial charge in [-0.1, -0.05) is 0 Å². The molecule has 2 rings (SSSR count). The Bertz CT molecular complexity index is 648. The number of nitrogens with one attached hydrogen (secondary N) is 1. The van der Waals surface area contributed by atoms with Crippen LogP contribution in [0.15, 0.2) is 29.2 Å². The number of carbonyl (C=O) groups is 1. The Balaban J connectivity index is 2.11. The van der Waals surface area contributed by atoms with Crippen LogP contribution in [-0.2, 0) is 14.8 Å². The summed E-state index contributed by atoms with van der Waals surface area (Å²) < 4.78 is 39.5. The number of piperidine rings is 1. The van der Waals surface area contributed by atoms with Crippen LogP contribution < -0.4 is 11.1 Å². The number of hydrogen-bond acceptors (Lipinski definition) is 4. The van der Waals surface area contributed by atoms with Gasteiger partial charge in [0.15, 0.2) is 0 Å². The highest BCUT2D eigenvalue weighted by atomic mass is 32.2. The number of hydrogen-bond donors (Lipinski definition) is 2. The molecular weight excluding hydrogens is 321 g/mol. The van der Waals surface area contributed by atoms with Gasteiger partial charge in [-0.05, 0) is 44.0 Å². The molecule has 6 nitrogen and oxygen atoms in total. The number of rotatable bonds is 5. The molecule has 0 saturated carbocycles. The summed E-state index contributed by atoms with van der Waals surface area (Å²) >= 11 is 0. The van der Waals surface area contributed by atoms with Gasteiger partial charge in [-0.15, -0.1) is 0 Å². The van der Waals surface area contributed by atoms with Crippen molar-refractivity contribution >= 4 is 15.9 Å². The maximum absolute atomic E-state index is 13.0. The van der Waals surface area contributed by atoms with Crippen molar-refractivity contribution in [2.24, 2.45) is 11.7 Å². The van der Waals surface area contributed by atoms with Gasteiger partial charge in [0.1, 0.15) is 5.82 Å². The van der Waals surface area contributed by atoms with Gasteiger partial charge < -0.3 is 11.1 Å². The molecule has 8 heteroatoms. The second kappa shape index (κ2) is 7.37. The van der Waals surface area contributed by atoms with Gasteiger partial charge in [-0.2, -0.15) is 4.31 Å². The summed E-state index contributed by atoms with van der Waals surface area (Å²) in [6, 6.07) is 4.57. The van der Waals surface area contributed by atoms with Gasteiger partial charge in [0.2, 0.25) is 15.9 Å². The predicted molar refractivity (Wildman–Crippen MR) is 84.5 cm³/mol. The van der Waals surface area contributed by atoms with Crippen LogP contribution in [0.2, 0.25) is 0 Å². The minimum Gasteiger partial charge on any atom is -0.352 e. The molecule has 0 spiro atoms. The van der Waals surface area contributed by atoms with E-state index in [1.807, 2.05) is 0 Å². The molecule has 0 radical (unpaired) electrons. The fourth-order valence-corrected chi connectivity index (χ4v) is 4.07. The van der Waals surface area contributed by atoms with E-state index >= 15 is 0 Å². The quantitative estimate of drug-likeness (QED) is 0.823. The molecule has 1 aliphatic heterocycles. The maximum Gasteiger partial charge on any atom is 0.243 e. The van der Waals surface area contributed by atoms with E-state index < -0.39 is 21.8 Å². The number of halogens is 1. The first kappa shape index (κ1) is 17.8. The topological polar surface area (TPSA) is 92.5 Å². The van der Waals surface area contributed by atoms with E-state index in [1.165, 1.54) is 16.4 Å². The Labute approximate surface area is 135 Å². The number of nitrogens with two attached hydrogens (primary N) is 1. The molecule has 23 heavy (non-hydrogen) atoms. The van der Waals surface area contributed by atoms with Crippen molar-refractivity contribution in [3.05, 3.63) is 30.1 Å². The van der Waals surface area contributed by atoms with Crippen LogP contribution in [0.4, 0.5) is 4.39 Å². The SMILES string of the molecule is C[C@@H](CN)NC(=O)C1CCCN(S(=O)(=O)c2ccc(F)cc2)C1. The third-order valence-corrected chi connectivity index (χ3v) is 5.83. The average molecular weight is 343 g/mol. The molecule has 0 bridgehead atoms. The lowest BCUT2D eigenvalue weighted by Crippen LogP contribution is -2.48. The fourth-order valence-electron chi connectivity index (χ4n) is 2.55. The van der Waals surface area contributed by atoms with Crippen LogP contribution >= 0.6 is 0 Å². The molecule has 0 aliphatic carbocycles. The van der Waals surface area contributed by atoms with Gasteiger partial charge in [0.05, 0.1) is 10.8 Å². The van der Waals surface area contributed by atoms with E-state index in [0.29, 0.717) is 25.9 Å². The van der Waals surface area contributed by atoms with E-state index in [2.05, 4.69) is 5.32 Å². The normalized spacial score (nSPS) is 20.9. The molecule has 1 heterocycles. The van der Waals surface area contributed by atoms with Crippen LogP contribution in [-0.4, -0.2) is 44.3 Å². The maximum atomic E-state index is 13.0. The zero-order valence-corrected chi connectivity index (χ0v) is 13.9. The highest BCUT2D eigenvalue weighted by Gasteiger charge is 2.33. The van der Waals surface area contributed by atoms with Gasteiger partial charge in [-0.25, -0.2) is 12.8 Å². The lowest BCUT2D eigenvalue weighted by molar-refractivity contribution is -0.126. The van der Waals surface area contributed by atoms with Crippen LogP contribution in [0.25, 0.3) is 0 Å². The average Bonchev–Trinajstić information content (AvgIpc) is 2.55. The summed E-state index contributed by atoms with van der Waals surface area (Å²) in [6.07, 6.45) is 1.24. The summed E-state index contributed by atoms with van der Waals surface area (Å²) in [5, 5.41) is 2.78. The minimum absolute atomic E-state index is 0.0373. The van der Waals surface area contributed by atoms with Crippen molar-refractivity contribution in [3.63, 3.8) is 0 Å². The lowest BCUT2D eigenvalue weighted by atomic mass is 9.98. The minimum atomic E-state index is -3.72. The van der Waals surface area contributed by atoms with E-state index in [4.69, 9.17) is 5.73 Å². The standard InChI is InChI=1S/C15H22FN3O3S/c1-11(9-17)18-15(20)12-3-2-8-19(10-12)23(21,22)14-6-4-13(16)5-7-14/h4-7,11-12H,2-3,8-10,17H2,1H3,(H,18,20)/t11-,12?/m0/s1. The van der Waals surface area contributed by atoms with E-state index in [-0.39, 0.29) is 23.4 Å². The zero-order chi connectivity index (χ0) is 17.0. The zero-order valence-electron chi connectivity index (χ0n) is 13.0. The Kier molecular flexibility index (Phi) is 5.72. The number of amides is 1. The first-order valence-electron chi connectivity index (χ1n) is 7.60. The molecule has 3 N–H and O–H groups in total. The Morgan fingerprint density at radius 1 is 1.43 bits per heavy atom. The summed E-state index contributed by atoms with van der Waals surface area (Å²) in [6.45, 7) is 2.61. The molecule has 1 aromatic carbocycles. The van der Waals surface area contributed by atoms with E-state index in [0.717, 1.165) is 12.1 Å². The van der Waals surface area contributed by atoms with Crippen molar-refractivity contribution in [2.45, 2.75) is 30.7 Å². The van der Waals surface area contributed by atoms with Crippen LogP contribution in [0.3, 0.4) is 0 Å². The van der Waals surface area contributed by atoms with Crippen LogP contribution in [0.1, 0.15) is 19.8 Å². The van der Waals surface area contributed by atoms with Crippen molar-refractivity contribution < 1.29 is 17.6 Å². The largest absolute Gasteiger partial charge is 0.352 e. The van der Waals surface area contributed by atoms with Gasteiger partial charge in [0, 0.05) is 25.7 Å². The highest BCUT2D eigenvalue weighted by Crippen LogP contribution is 2.24. The Morgan fingerprint density at radius 2 is 2.09 bits per heavy atom. The predicted octanol–water partition coefficient (Wildman–Crippen LogP) is 0.690. The van der Waals surface area contributed by atoms with Crippen LogP contribution in [0.5, 0.6) is 0 Å². The third kappa shape index (κ3) is 4.27. The fraction of sp³-hybridized carbons (Fsp3) is 0.533. The highest BCUT2D eigenvalue weighted by molar-refractivity contribution is 7.89. The van der Waals surface area contributed by atoms with Gasteiger partial charge in [0.25, 0.3) is 0 Å². The lowest BCUT2D eigenvalue weighted by Gasteiger charge is -2.31. The number of nitrogens with zero attached hydrogens (tertiary/aromatic N) is 1. The Hall–Kier alpha value is -1.51. The molecule has 1 saturated heterocycles. The summed E-state index contributed by atoms with van der Waals surface area (Å²) in [5.74, 6) is -1.06. The number of benzene rings is 1. The number of sulfonamides is 1. The molecule has 1 aromatic rings. The number of carbonyl (C=O) groups excluding carboxylic acids is 1. The van der Waals surface area contributed by atoms with Crippen molar-refractivity contribution in [1.29, 1.82) is 0 Å². The molecule has 1 amide bonds. The first-order chi connectivity index (χ1) is 10.8. The van der Waals surface area contributed by atoms with E-state index in [9.17, 15) is 17.6 Å². The summed E-state index contributed by atoms with van der Waals surface area (Å²) in [4.78, 5) is 12.2. The van der Waals surface area contributed by atoms with Crippen molar-refractivity contribution in [1.82, 2.24) is 9.62 Å². The molecular formula is C15H22FN3O3S. The van der Waals surface area contributed by atoms with E-state index in [1.54, 1.807) is 6.92 Å². The Morgan fingerprint density at radius 3 is 2.70 bits per heavy atom. The third-order valence-electron chi connectivity index (χ3n) is 3.95.